The monoisotopic (exact) mass is 403 g/mol. The number of fused-ring (bicyclic) bond motifs is 1. The van der Waals surface area contributed by atoms with Crippen molar-refractivity contribution >= 4 is 23.5 Å². The Hall–Kier alpha value is -2.34. The van der Waals surface area contributed by atoms with Crippen molar-refractivity contribution in [3.05, 3.63) is 51.8 Å². The van der Waals surface area contributed by atoms with Crippen molar-refractivity contribution in [1.82, 2.24) is 15.1 Å². The van der Waals surface area contributed by atoms with Crippen LogP contribution in [0.5, 0.6) is 0 Å². The van der Waals surface area contributed by atoms with Crippen LogP contribution in [-0.2, 0) is 22.5 Å². The number of hydrogen-bond acceptors (Lipinski definition) is 4. The van der Waals surface area contributed by atoms with Gasteiger partial charge in [0.05, 0.1) is 11.7 Å². The standard InChI is InChI=1S/C21H26ClN3O3/c1-3-4-12-25-20(22)19(14(2)24-25)21(27)28-13-18(26)23-17-11-7-9-15-8-5-6-10-16(15)17/h5-6,8,10,17H,3-4,7,9,11-13H2,1-2H3,(H,23,26)/t17-/m0/s1. The van der Waals surface area contributed by atoms with Gasteiger partial charge in [-0.2, -0.15) is 5.10 Å². The molecule has 28 heavy (non-hydrogen) atoms. The van der Waals surface area contributed by atoms with E-state index in [1.807, 2.05) is 18.2 Å². The number of nitrogens with zero attached hydrogens (tertiary/aromatic N) is 2. The first-order chi connectivity index (χ1) is 13.5. The van der Waals surface area contributed by atoms with Gasteiger partial charge in [-0.25, -0.2) is 4.79 Å². The lowest BCUT2D eigenvalue weighted by Gasteiger charge is -2.26. The molecule has 0 fully saturated rings. The van der Waals surface area contributed by atoms with E-state index in [0.29, 0.717) is 12.2 Å². The van der Waals surface area contributed by atoms with E-state index in [1.165, 1.54) is 5.56 Å². The van der Waals surface area contributed by atoms with Crippen LogP contribution >= 0.6 is 11.6 Å². The fourth-order valence-corrected chi connectivity index (χ4v) is 3.92. The number of unbranched alkanes of at least 4 members (excludes halogenated alkanes) is 1. The SMILES string of the molecule is CCCCn1nc(C)c(C(=O)OCC(=O)N[C@H]2CCCc3ccccc32)c1Cl. The summed E-state index contributed by atoms with van der Waals surface area (Å²) in [7, 11) is 0. The second kappa shape index (κ2) is 9.24. The highest BCUT2D eigenvalue weighted by atomic mass is 35.5. The molecule has 1 N–H and O–H groups in total. The quantitative estimate of drug-likeness (QED) is 0.709. The molecule has 1 aromatic carbocycles. The highest BCUT2D eigenvalue weighted by Crippen LogP contribution is 2.29. The topological polar surface area (TPSA) is 73.2 Å². The Morgan fingerprint density at radius 3 is 2.93 bits per heavy atom. The smallest absolute Gasteiger partial charge is 0.343 e. The van der Waals surface area contributed by atoms with Gasteiger partial charge in [0.1, 0.15) is 10.7 Å². The summed E-state index contributed by atoms with van der Waals surface area (Å²) in [5, 5.41) is 7.53. The van der Waals surface area contributed by atoms with Gasteiger partial charge in [0, 0.05) is 6.54 Å². The molecular formula is C21H26ClN3O3. The normalized spacial score (nSPS) is 15.8. The first-order valence-electron chi connectivity index (χ1n) is 9.78. The zero-order valence-corrected chi connectivity index (χ0v) is 17.1. The fraction of sp³-hybridized carbons (Fsp3) is 0.476. The lowest BCUT2D eigenvalue weighted by Crippen LogP contribution is -2.34. The van der Waals surface area contributed by atoms with E-state index in [2.05, 4.69) is 23.4 Å². The van der Waals surface area contributed by atoms with Crippen LogP contribution in [0.2, 0.25) is 5.15 Å². The van der Waals surface area contributed by atoms with Crippen molar-refractivity contribution < 1.29 is 14.3 Å². The molecule has 6 nitrogen and oxygen atoms in total. The summed E-state index contributed by atoms with van der Waals surface area (Å²) in [4.78, 5) is 24.8. The fourth-order valence-electron chi connectivity index (χ4n) is 3.58. The molecule has 1 atom stereocenters. The molecule has 0 unspecified atom stereocenters. The Kier molecular flexibility index (Phi) is 6.73. The molecule has 0 bridgehead atoms. The van der Waals surface area contributed by atoms with E-state index in [1.54, 1.807) is 11.6 Å². The minimum Gasteiger partial charge on any atom is -0.452 e. The predicted molar refractivity (Wildman–Crippen MR) is 107 cm³/mol. The molecule has 2 aromatic rings. The zero-order chi connectivity index (χ0) is 20.1. The molecule has 1 aliphatic carbocycles. The van der Waals surface area contributed by atoms with Crippen molar-refractivity contribution in [1.29, 1.82) is 0 Å². The molecule has 1 heterocycles. The van der Waals surface area contributed by atoms with Crippen LogP contribution in [0.4, 0.5) is 0 Å². The van der Waals surface area contributed by atoms with Crippen LogP contribution in [0, 0.1) is 6.92 Å². The molecule has 0 radical (unpaired) electrons. The van der Waals surface area contributed by atoms with E-state index in [-0.39, 0.29) is 29.3 Å². The van der Waals surface area contributed by atoms with Crippen molar-refractivity contribution in [2.75, 3.05) is 6.61 Å². The molecule has 0 saturated carbocycles. The number of benzene rings is 1. The highest BCUT2D eigenvalue weighted by molar-refractivity contribution is 6.32. The van der Waals surface area contributed by atoms with Gasteiger partial charge < -0.3 is 10.1 Å². The van der Waals surface area contributed by atoms with E-state index < -0.39 is 5.97 Å². The van der Waals surface area contributed by atoms with Crippen LogP contribution in [0.15, 0.2) is 24.3 Å². The van der Waals surface area contributed by atoms with Gasteiger partial charge >= 0.3 is 5.97 Å². The maximum Gasteiger partial charge on any atom is 0.343 e. The van der Waals surface area contributed by atoms with Gasteiger partial charge in [0.25, 0.3) is 5.91 Å². The Bertz CT molecular complexity index is 863. The number of carbonyl (C=O) groups excluding carboxylic acids is 2. The summed E-state index contributed by atoms with van der Waals surface area (Å²) in [5.41, 5.74) is 3.14. The molecule has 0 aliphatic heterocycles. The number of rotatable bonds is 7. The minimum atomic E-state index is -0.621. The molecule has 0 spiro atoms. The number of nitrogens with one attached hydrogen (secondary N) is 1. The number of carbonyl (C=O) groups is 2. The van der Waals surface area contributed by atoms with E-state index in [0.717, 1.165) is 37.7 Å². The minimum absolute atomic E-state index is 0.0433. The van der Waals surface area contributed by atoms with Gasteiger partial charge in [-0.3, -0.25) is 9.48 Å². The number of amides is 1. The van der Waals surface area contributed by atoms with E-state index >= 15 is 0 Å². The van der Waals surface area contributed by atoms with Crippen molar-refractivity contribution in [2.45, 2.75) is 58.5 Å². The number of esters is 1. The Labute approximate surface area is 170 Å². The third-order valence-electron chi connectivity index (χ3n) is 5.03. The average molecular weight is 404 g/mol. The van der Waals surface area contributed by atoms with Crippen LogP contribution < -0.4 is 5.32 Å². The number of ether oxygens (including phenoxy) is 1. The van der Waals surface area contributed by atoms with Gasteiger partial charge in [0.15, 0.2) is 6.61 Å². The average Bonchev–Trinajstić information content (AvgIpc) is 2.98. The largest absolute Gasteiger partial charge is 0.452 e. The van der Waals surface area contributed by atoms with Gasteiger partial charge in [-0.15, -0.1) is 0 Å². The number of aromatic nitrogens is 2. The van der Waals surface area contributed by atoms with Crippen LogP contribution in [0.3, 0.4) is 0 Å². The molecule has 1 amide bonds. The van der Waals surface area contributed by atoms with Crippen LogP contribution in [0.25, 0.3) is 0 Å². The second-order valence-corrected chi connectivity index (χ2v) is 7.47. The van der Waals surface area contributed by atoms with Gasteiger partial charge in [-0.05, 0) is 43.7 Å². The number of aryl methyl sites for hydroxylation is 3. The molecular weight excluding hydrogens is 378 g/mol. The maximum absolute atomic E-state index is 12.4. The van der Waals surface area contributed by atoms with Crippen LogP contribution in [-0.4, -0.2) is 28.3 Å². The molecule has 1 aliphatic rings. The molecule has 0 saturated heterocycles. The van der Waals surface area contributed by atoms with Crippen molar-refractivity contribution in [2.24, 2.45) is 0 Å². The summed E-state index contributed by atoms with van der Waals surface area (Å²) in [6, 6.07) is 8.08. The summed E-state index contributed by atoms with van der Waals surface area (Å²) >= 11 is 6.29. The van der Waals surface area contributed by atoms with Crippen LogP contribution in [0.1, 0.15) is 65.8 Å². The highest BCUT2D eigenvalue weighted by Gasteiger charge is 2.24. The van der Waals surface area contributed by atoms with Gasteiger partial charge in [0.2, 0.25) is 0 Å². The zero-order valence-electron chi connectivity index (χ0n) is 16.3. The molecule has 7 heteroatoms. The van der Waals surface area contributed by atoms with Gasteiger partial charge in [-0.1, -0.05) is 49.2 Å². The third-order valence-corrected chi connectivity index (χ3v) is 5.42. The summed E-state index contributed by atoms with van der Waals surface area (Å²) in [6.45, 7) is 4.09. The Morgan fingerprint density at radius 1 is 1.36 bits per heavy atom. The number of hydrogen-bond donors (Lipinski definition) is 1. The van der Waals surface area contributed by atoms with E-state index in [4.69, 9.17) is 16.3 Å². The van der Waals surface area contributed by atoms with Crippen molar-refractivity contribution in [3.63, 3.8) is 0 Å². The second-order valence-electron chi connectivity index (χ2n) is 7.12. The maximum atomic E-state index is 12.4. The first kappa shape index (κ1) is 20.4. The Balaban J connectivity index is 1.58. The molecule has 150 valence electrons. The summed E-state index contributed by atoms with van der Waals surface area (Å²) in [5.74, 6) is -0.938. The first-order valence-corrected chi connectivity index (χ1v) is 10.2. The lowest BCUT2D eigenvalue weighted by molar-refractivity contribution is -0.125. The predicted octanol–water partition coefficient (Wildman–Crippen LogP) is 4.00. The van der Waals surface area contributed by atoms with E-state index in [9.17, 15) is 9.59 Å². The lowest BCUT2D eigenvalue weighted by atomic mass is 9.88. The molecule has 3 rings (SSSR count). The summed E-state index contributed by atoms with van der Waals surface area (Å²) < 4.78 is 6.82. The molecule has 1 aromatic heterocycles. The number of halogens is 1. The van der Waals surface area contributed by atoms with Crippen molar-refractivity contribution in [3.8, 4) is 0 Å². The Morgan fingerprint density at radius 2 is 2.14 bits per heavy atom. The third kappa shape index (κ3) is 4.55. The summed E-state index contributed by atoms with van der Waals surface area (Å²) in [6.07, 6.45) is 4.84.